The van der Waals surface area contributed by atoms with Gasteiger partial charge in [0.25, 0.3) is 0 Å². The van der Waals surface area contributed by atoms with E-state index in [4.69, 9.17) is 5.73 Å². The molecule has 0 aliphatic carbocycles. The van der Waals surface area contributed by atoms with Crippen LogP contribution < -0.4 is 5.73 Å². The fourth-order valence-corrected chi connectivity index (χ4v) is 2.77. The highest BCUT2D eigenvalue weighted by Crippen LogP contribution is 2.34. The Hall–Kier alpha value is -1.35. The highest BCUT2D eigenvalue weighted by molar-refractivity contribution is 5.95. The molecule has 0 spiro atoms. The maximum Gasteiger partial charge on any atom is 0.148 e. The van der Waals surface area contributed by atoms with E-state index in [0.717, 1.165) is 36.8 Å². The van der Waals surface area contributed by atoms with Gasteiger partial charge >= 0.3 is 0 Å². The molecule has 120 valence electrons. The molecule has 0 radical (unpaired) electrons. The molecule has 0 bridgehead atoms. The average Bonchev–Trinajstić information content (AvgIpc) is 2.67. The summed E-state index contributed by atoms with van der Waals surface area (Å²) >= 11 is 0. The summed E-state index contributed by atoms with van der Waals surface area (Å²) in [5, 5.41) is 11.0. The highest BCUT2D eigenvalue weighted by atomic mass is 16.3. The van der Waals surface area contributed by atoms with E-state index in [1.54, 1.807) is 12.3 Å². The van der Waals surface area contributed by atoms with Gasteiger partial charge in [0, 0.05) is 11.8 Å². The predicted octanol–water partition coefficient (Wildman–Crippen LogP) is 4.35. The lowest BCUT2D eigenvalue weighted by Gasteiger charge is -2.30. The van der Waals surface area contributed by atoms with Gasteiger partial charge in [0.2, 0.25) is 0 Å². The van der Waals surface area contributed by atoms with Crippen LogP contribution in [0.25, 0.3) is 0 Å². The summed E-state index contributed by atoms with van der Waals surface area (Å²) in [5.74, 6) is 0.792. The van der Waals surface area contributed by atoms with Crippen LogP contribution in [0.5, 0.6) is 0 Å². The molecule has 1 heterocycles. The summed E-state index contributed by atoms with van der Waals surface area (Å²) < 4.78 is 0. The molecule has 3 N–H and O–H groups in total. The number of nitrogens with two attached hydrogens (primary N) is 1. The van der Waals surface area contributed by atoms with Gasteiger partial charge in [-0.15, -0.1) is 0 Å². The van der Waals surface area contributed by atoms with E-state index in [1.165, 1.54) is 0 Å². The normalized spacial score (nSPS) is 21.9. The van der Waals surface area contributed by atoms with Crippen molar-refractivity contribution in [1.29, 1.82) is 0 Å². The van der Waals surface area contributed by atoms with Gasteiger partial charge in [-0.25, -0.2) is 4.99 Å². The number of aliphatic hydroxyl groups is 1. The Morgan fingerprint density at radius 2 is 2.00 bits per heavy atom. The molecule has 0 aromatic carbocycles. The van der Waals surface area contributed by atoms with Crippen LogP contribution in [0.1, 0.15) is 60.3 Å². The van der Waals surface area contributed by atoms with Crippen LogP contribution in [0.4, 0.5) is 0 Å². The van der Waals surface area contributed by atoms with Crippen molar-refractivity contribution in [2.45, 2.75) is 65.9 Å². The third-order valence-electron chi connectivity index (χ3n) is 3.93. The average molecular weight is 292 g/mol. The van der Waals surface area contributed by atoms with Crippen LogP contribution in [0.3, 0.4) is 0 Å². The molecular formula is C18H32N2O. The predicted molar refractivity (Wildman–Crippen MR) is 93.3 cm³/mol. The SMILES string of the molecule is C.C=C/C(C)=C\C1=CN=C(N)C1(O)CC(CCC)CCC. The quantitative estimate of drug-likeness (QED) is 0.653. The fourth-order valence-electron chi connectivity index (χ4n) is 2.77. The number of rotatable bonds is 8. The van der Waals surface area contributed by atoms with Crippen LogP contribution in [0, 0.1) is 5.92 Å². The summed E-state index contributed by atoms with van der Waals surface area (Å²) in [6, 6.07) is 0. The molecule has 1 rings (SSSR count). The van der Waals surface area contributed by atoms with E-state index in [2.05, 4.69) is 25.4 Å². The molecule has 3 heteroatoms. The number of nitrogens with zero attached hydrogens (tertiary/aromatic N) is 1. The Morgan fingerprint density at radius 1 is 1.43 bits per heavy atom. The Bertz CT molecular complexity index is 428. The van der Waals surface area contributed by atoms with Gasteiger partial charge in [-0.1, -0.05) is 71.3 Å². The fraction of sp³-hybridized carbons (Fsp3) is 0.611. The van der Waals surface area contributed by atoms with E-state index in [0.29, 0.717) is 18.2 Å². The van der Waals surface area contributed by atoms with Crippen LogP contribution in [0.2, 0.25) is 0 Å². The van der Waals surface area contributed by atoms with Gasteiger partial charge in [0.05, 0.1) is 0 Å². The molecule has 1 unspecified atom stereocenters. The molecule has 1 atom stereocenters. The second-order valence-corrected chi connectivity index (χ2v) is 5.70. The number of hydrogen-bond acceptors (Lipinski definition) is 3. The van der Waals surface area contributed by atoms with E-state index < -0.39 is 5.60 Å². The van der Waals surface area contributed by atoms with Gasteiger partial charge in [-0.3, -0.25) is 0 Å². The first kappa shape index (κ1) is 19.7. The molecule has 0 aromatic heterocycles. The molecule has 3 nitrogen and oxygen atoms in total. The minimum atomic E-state index is -1.11. The van der Waals surface area contributed by atoms with Crippen LogP contribution in [-0.4, -0.2) is 16.5 Å². The number of aliphatic imine (C=N–C) groups is 1. The maximum atomic E-state index is 11.0. The minimum Gasteiger partial charge on any atom is -0.384 e. The zero-order valence-corrected chi connectivity index (χ0v) is 13.0. The topological polar surface area (TPSA) is 58.6 Å². The Labute approximate surface area is 130 Å². The lowest BCUT2D eigenvalue weighted by molar-refractivity contribution is 0.118. The summed E-state index contributed by atoms with van der Waals surface area (Å²) in [7, 11) is 0. The lowest BCUT2D eigenvalue weighted by Crippen LogP contribution is -2.44. The summed E-state index contributed by atoms with van der Waals surface area (Å²) in [6.07, 6.45) is 10.5. The molecular weight excluding hydrogens is 260 g/mol. The first-order valence-electron chi connectivity index (χ1n) is 7.55. The molecule has 0 saturated carbocycles. The Balaban J connectivity index is 0.00000400. The third kappa shape index (κ3) is 4.85. The van der Waals surface area contributed by atoms with E-state index in [1.807, 2.05) is 13.0 Å². The van der Waals surface area contributed by atoms with Crippen LogP contribution >= 0.6 is 0 Å². The molecule has 0 aromatic rings. The molecule has 0 saturated heterocycles. The summed E-state index contributed by atoms with van der Waals surface area (Å²) in [6.45, 7) is 10.1. The smallest absolute Gasteiger partial charge is 0.148 e. The van der Waals surface area contributed by atoms with Crippen molar-refractivity contribution in [2.75, 3.05) is 0 Å². The second-order valence-electron chi connectivity index (χ2n) is 5.70. The molecule has 0 fully saturated rings. The second kappa shape index (κ2) is 8.83. The van der Waals surface area contributed by atoms with Gasteiger partial charge in [-0.05, 0) is 19.3 Å². The Kier molecular flexibility index (Phi) is 8.26. The van der Waals surface area contributed by atoms with Crippen molar-refractivity contribution < 1.29 is 5.11 Å². The van der Waals surface area contributed by atoms with Crippen molar-refractivity contribution in [3.8, 4) is 0 Å². The van der Waals surface area contributed by atoms with E-state index >= 15 is 0 Å². The van der Waals surface area contributed by atoms with Gasteiger partial charge in [0.1, 0.15) is 11.4 Å². The van der Waals surface area contributed by atoms with E-state index in [-0.39, 0.29) is 7.43 Å². The standard InChI is InChI=1S/C17H28N2O.CH4/c1-5-8-14(9-6-2)11-17(20)15(10-13(4)7-3)12-19-16(17)18;/h7,10,12,14,20H,3,5-6,8-9,11H2,1-2,4H3,(H2,18,19);1H4/b13-10-;. The first-order chi connectivity index (χ1) is 9.47. The zero-order chi connectivity index (χ0) is 15.2. The van der Waals surface area contributed by atoms with Crippen molar-refractivity contribution in [3.05, 3.63) is 36.1 Å². The minimum absolute atomic E-state index is 0. The van der Waals surface area contributed by atoms with Gasteiger partial charge in [-0.2, -0.15) is 0 Å². The largest absolute Gasteiger partial charge is 0.384 e. The van der Waals surface area contributed by atoms with Crippen LogP contribution in [-0.2, 0) is 0 Å². The molecule has 21 heavy (non-hydrogen) atoms. The molecule has 1 aliphatic heterocycles. The van der Waals surface area contributed by atoms with Crippen molar-refractivity contribution in [2.24, 2.45) is 16.6 Å². The van der Waals surface area contributed by atoms with Crippen LogP contribution in [0.15, 0.2) is 41.1 Å². The van der Waals surface area contributed by atoms with Gasteiger partial charge < -0.3 is 10.8 Å². The monoisotopic (exact) mass is 292 g/mol. The van der Waals surface area contributed by atoms with E-state index in [9.17, 15) is 5.11 Å². The first-order valence-corrected chi connectivity index (χ1v) is 7.55. The number of hydrogen-bond donors (Lipinski definition) is 2. The number of amidine groups is 1. The molecule has 1 aliphatic rings. The molecule has 0 amide bonds. The number of allylic oxidation sites excluding steroid dienone is 2. The maximum absolute atomic E-state index is 11.0. The van der Waals surface area contributed by atoms with Gasteiger partial charge in [0.15, 0.2) is 0 Å². The zero-order valence-electron chi connectivity index (χ0n) is 13.0. The third-order valence-corrected chi connectivity index (χ3v) is 3.93. The lowest BCUT2D eigenvalue weighted by atomic mass is 9.80. The van der Waals surface area contributed by atoms with Crippen molar-refractivity contribution >= 4 is 5.84 Å². The van der Waals surface area contributed by atoms with Crippen molar-refractivity contribution in [1.82, 2.24) is 0 Å². The summed E-state index contributed by atoms with van der Waals surface area (Å²) in [4.78, 5) is 4.13. The highest BCUT2D eigenvalue weighted by Gasteiger charge is 2.39. The summed E-state index contributed by atoms with van der Waals surface area (Å²) in [5.41, 5.74) is 6.63. The van der Waals surface area contributed by atoms with Crippen molar-refractivity contribution in [3.63, 3.8) is 0 Å². The Morgan fingerprint density at radius 3 is 2.48 bits per heavy atom.